The van der Waals surface area contributed by atoms with Gasteiger partial charge < -0.3 is 4.90 Å². The Bertz CT molecular complexity index is 781. The van der Waals surface area contributed by atoms with Gasteiger partial charge in [-0.2, -0.15) is 0 Å². The molecule has 0 aromatic heterocycles. The van der Waals surface area contributed by atoms with Gasteiger partial charge in [0.15, 0.2) is 0 Å². The van der Waals surface area contributed by atoms with Crippen LogP contribution < -0.4 is 4.72 Å². The molecule has 1 N–H and O–H groups in total. The molecule has 0 spiro atoms. The van der Waals surface area contributed by atoms with Gasteiger partial charge in [-0.05, 0) is 50.0 Å². The fourth-order valence-electron chi connectivity index (χ4n) is 2.22. The molecule has 0 saturated carbocycles. The van der Waals surface area contributed by atoms with Gasteiger partial charge in [0.2, 0.25) is 10.0 Å². The average Bonchev–Trinajstić information content (AvgIpc) is 2.47. The fraction of sp³-hybridized carbons (Fsp3) is 0.250. The second-order valence-electron chi connectivity index (χ2n) is 5.34. The smallest absolute Gasteiger partial charge is 0.240 e. The molecule has 124 valence electrons. The van der Waals surface area contributed by atoms with Crippen LogP contribution in [0, 0.1) is 5.82 Å². The van der Waals surface area contributed by atoms with Crippen LogP contribution in [0.15, 0.2) is 57.9 Å². The molecule has 2 aromatic rings. The van der Waals surface area contributed by atoms with Crippen molar-refractivity contribution in [3.8, 4) is 0 Å². The topological polar surface area (TPSA) is 49.4 Å². The van der Waals surface area contributed by atoms with E-state index in [1.54, 1.807) is 24.3 Å². The van der Waals surface area contributed by atoms with Crippen LogP contribution in [0.2, 0.25) is 0 Å². The molecule has 7 heteroatoms. The van der Waals surface area contributed by atoms with Gasteiger partial charge in [-0.3, -0.25) is 0 Å². The van der Waals surface area contributed by atoms with Crippen molar-refractivity contribution >= 4 is 26.0 Å². The zero-order chi connectivity index (χ0) is 17.0. The van der Waals surface area contributed by atoms with Crippen molar-refractivity contribution in [1.29, 1.82) is 0 Å². The minimum absolute atomic E-state index is 0.144. The second kappa shape index (κ2) is 7.53. The van der Waals surface area contributed by atoms with Crippen molar-refractivity contribution in [1.82, 2.24) is 9.62 Å². The molecule has 0 aliphatic rings. The van der Waals surface area contributed by atoms with Crippen LogP contribution in [0.25, 0.3) is 0 Å². The lowest BCUT2D eigenvalue weighted by molar-refractivity contribution is 0.299. The van der Waals surface area contributed by atoms with Gasteiger partial charge in [0.1, 0.15) is 5.82 Å². The first-order valence-corrected chi connectivity index (χ1v) is 9.24. The average molecular weight is 401 g/mol. The summed E-state index contributed by atoms with van der Waals surface area (Å²) < 4.78 is 41.5. The van der Waals surface area contributed by atoms with Crippen LogP contribution in [0.4, 0.5) is 4.39 Å². The Morgan fingerprint density at radius 3 is 2.48 bits per heavy atom. The van der Waals surface area contributed by atoms with Crippen molar-refractivity contribution in [2.45, 2.75) is 10.9 Å². The van der Waals surface area contributed by atoms with E-state index < -0.39 is 10.0 Å². The first-order chi connectivity index (χ1) is 10.8. The fourth-order valence-corrected chi connectivity index (χ4v) is 3.85. The molecule has 0 amide bonds. The van der Waals surface area contributed by atoms with Crippen LogP contribution in [0.3, 0.4) is 0 Å². The first-order valence-electron chi connectivity index (χ1n) is 6.97. The third-order valence-corrected chi connectivity index (χ3v) is 5.34. The lowest BCUT2D eigenvalue weighted by atomic mass is 10.1. The van der Waals surface area contributed by atoms with Crippen molar-refractivity contribution in [3.05, 3.63) is 64.4 Å². The Kier molecular flexibility index (Phi) is 5.91. The minimum atomic E-state index is -3.63. The predicted molar refractivity (Wildman–Crippen MR) is 92.2 cm³/mol. The molecule has 0 bridgehead atoms. The Morgan fingerprint density at radius 1 is 1.17 bits per heavy atom. The maximum atomic E-state index is 13.4. The van der Waals surface area contributed by atoms with E-state index >= 15 is 0 Å². The number of nitrogens with one attached hydrogen (secondary N) is 1. The summed E-state index contributed by atoms with van der Waals surface area (Å²) in [6.45, 7) is 0.144. The molecule has 0 aliphatic heterocycles. The highest BCUT2D eigenvalue weighted by molar-refractivity contribution is 9.10. The largest absolute Gasteiger partial charge is 0.301 e. The molecule has 0 saturated heterocycles. The standard InChI is InChI=1S/C16H18BrFN2O2S/c1-20(2)16(12-5-3-7-14(18)9-12)11-19-23(21,22)15-8-4-6-13(17)10-15/h3-10,16,19H,11H2,1-2H3. The van der Waals surface area contributed by atoms with Crippen molar-refractivity contribution in [2.75, 3.05) is 20.6 Å². The molecule has 0 fully saturated rings. The number of likely N-dealkylation sites (N-methyl/N-ethyl adjacent to an activating group) is 1. The van der Waals surface area contributed by atoms with Gasteiger partial charge in [0.25, 0.3) is 0 Å². The summed E-state index contributed by atoms with van der Waals surface area (Å²) in [4.78, 5) is 2.03. The number of halogens is 2. The molecule has 0 aliphatic carbocycles. The zero-order valence-electron chi connectivity index (χ0n) is 12.8. The van der Waals surface area contributed by atoms with Gasteiger partial charge in [-0.15, -0.1) is 0 Å². The maximum Gasteiger partial charge on any atom is 0.240 e. The summed E-state index contributed by atoms with van der Waals surface area (Å²) >= 11 is 3.26. The molecule has 1 unspecified atom stereocenters. The summed E-state index contributed by atoms with van der Waals surface area (Å²) in [5, 5.41) is 0. The van der Waals surface area contributed by atoms with Gasteiger partial charge >= 0.3 is 0 Å². The quantitative estimate of drug-likeness (QED) is 0.809. The minimum Gasteiger partial charge on any atom is -0.301 e. The van der Waals surface area contributed by atoms with E-state index in [9.17, 15) is 12.8 Å². The van der Waals surface area contributed by atoms with E-state index in [0.717, 1.165) is 0 Å². The molecule has 1 atom stereocenters. The summed E-state index contributed by atoms with van der Waals surface area (Å²) in [7, 11) is 0.0149. The Balaban J connectivity index is 2.19. The Morgan fingerprint density at radius 2 is 1.87 bits per heavy atom. The molecule has 2 rings (SSSR count). The van der Waals surface area contributed by atoms with E-state index in [2.05, 4.69) is 20.7 Å². The lowest BCUT2D eigenvalue weighted by Crippen LogP contribution is -2.34. The number of rotatable bonds is 6. The van der Waals surface area contributed by atoms with Gasteiger partial charge in [0, 0.05) is 17.1 Å². The highest BCUT2D eigenvalue weighted by Gasteiger charge is 2.20. The molecule has 23 heavy (non-hydrogen) atoms. The summed E-state index contributed by atoms with van der Waals surface area (Å²) in [6, 6.07) is 12.4. The number of sulfonamides is 1. The summed E-state index contributed by atoms with van der Waals surface area (Å²) in [6.07, 6.45) is 0. The number of hydrogen-bond donors (Lipinski definition) is 1. The van der Waals surface area contributed by atoms with Gasteiger partial charge in [-0.25, -0.2) is 17.5 Å². The zero-order valence-corrected chi connectivity index (χ0v) is 15.2. The number of hydrogen-bond acceptors (Lipinski definition) is 3. The van der Waals surface area contributed by atoms with E-state index in [1.165, 1.54) is 24.3 Å². The SMILES string of the molecule is CN(C)C(CNS(=O)(=O)c1cccc(Br)c1)c1cccc(F)c1. The van der Waals surface area contributed by atoms with E-state index in [-0.39, 0.29) is 23.3 Å². The molecule has 2 aromatic carbocycles. The molecule has 0 heterocycles. The maximum absolute atomic E-state index is 13.4. The third-order valence-electron chi connectivity index (χ3n) is 3.43. The van der Waals surface area contributed by atoms with Crippen molar-refractivity contribution in [3.63, 3.8) is 0 Å². The van der Waals surface area contributed by atoms with Crippen LogP contribution >= 0.6 is 15.9 Å². The molecule has 0 radical (unpaired) electrons. The summed E-state index contributed by atoms with van der Waals surface area (Å²) in [5.41, 5.74) is 0.715. The molecule has 4 nitrogen and oxygen atoms in total. The van der Waals surface area contributed by atoms with Crippen LogP contribution in [-0.4, -0.2) is 34.0 Å². The van der Waals surface area contributed by atoms with Crippen LogP contribution in [0.5, 0.6) is 0 Å². The second-order valence-corrected chi connectivity index (χ2v) is 8.03. The highest BCUT2D eigenvalue weighted by atomic mass is 79.9. The number of nitrogens with zero attached hydrogens (tertiary/aromatic N) is 1. The predicted octanol–water partition coefficient (Wildman–Crippen LogP) is 3.17. The van der Waals surface area contributed by atoms with E-state index in [0.29, 0.717) is 10.0 Å². The molecular formula is C16H18BrFN2O2S. The molecular weight excluding hydrogens is 383 g/mol. The summed E-state index contributed by atoms with van der Waals surface area (Å²) in [5.74, 6) is -0.343. The van der Waals surface area contributed by atoms with Gasteiger partial charge in [0.05, 0.1) is 4.90 Å². The third kappa shape index (κ3) is 4.84. The van der Waals surface area contributed by atoms with Crippen LogP contribution in [-0.2, 0) is 10.0 Å². The first kappa shape index (κ1) is 18.1. The Hall–Kier alpha value is -1.28. The number of benzene rings is 2. The van der Waals surface area contributed by atoms with Gasteiger partial charge in [-0.1, -0.05) is 34.1 Å². The normalized spacial score (nSPS) is 13.3. The monoisotopic (exact) mass is 400 g/mol. The van der Waals surface area contributed by atoms with E-state index in [1.807, 2.05) is 19.0 Å². The van der Waals surface area contributed by atoms with Crippen molar-refractivity contribution < 1.29 is 12.8 Å². The van der Waals surface area contributed by atoms with Crippen molar-refractivity contribution in [2.24, 2.45) is 0 Å². The van der Waals surface area contributed by atoms with Crippen LogP contribution in [0.1, 0.15) is 11.6 Å². The lowest BCUT2D eigenvalue weighted by Gasteiger charge is -2.25. The Labute approximate surface area is 144 Å². The highest BCUT2D eigenvalue weighted by Crippen LogP contribution is 2.20. The van der Waals surface area contributed by atoms with E-state index in [4.69, 9.17) is 0 Å².